The average Bonchev–Trinajstić information content (AvgIpc) is 2.38. The molecule has 0 aromatic heterocycles. The molecule has 0 unspecified atom stereocenters. The summed E-state index contributed by atoms with van der Waals surface area (Å²) in [6.45, 7) is 3.49. The van der Waals surface area contributed by atoms with Crippen molar-refractivity contribution in [3.8, 4) is 0 Å². The fraction of sp³-hybridized carbons (Fsp3) is 0.385. The zero-order valence-corrected chi connectivity index (χ0v) is 11.3. The number of carboxylic acid groups (broad SMARTS) is 1. The van der Waals surface area contributed by atoms with Crippen molar-refractivity contribution in [3.05, 3.63) is 34.9 Å². The maximum Gasteiger partial charge on any atom is 0.336 e. The number of aromatic carboxylic acids is 1. The molecule has 20 heavy (non-hydrogen) atoms. The predicted molar refractivity (Wildman–Crippen MR) is 66.7 cm³/mol. The molecule has 0 aliphatic heterocycles. The van der Waals surface area contributed by atoms with E-state index in [9.17, 15) is 18.4 Å². The second-order valence-electron chi connectivity index (χ2n) is 4.76. The molecule has 110 valence electrons. The van der Waals surface area contributed by atoms with Gasteiger partial charge in [0.1, 0.15) is 0 Å². The first-order valence-electron chi connectivity index (χ1n) is 5.73. The van der Waals surface area contributed by atoms with Crippen LogP contribution in [0.5, 0.6) is 0 Å². The van der Waals surface area contributed by atoms with Crippen molar-refractivity contribution < 1.29 is 28.2 Å². The Kier molecular flexibility index (Phi) is 4.78. The third-order valence-electron chi connectivity index (χ3n) is 2.76. The number of carboxylic acids is 1. The SMILES string of the molecule is COC(C)(C)CNC(=O)c1cc(F)c(F)cc1C(=O)O. The lowest BCUT2D eigenvalue weighted by Crippen LogP contribution is -2.40. The Morgan fingerprint density at radius 2 is 1.75 bits per heavy atom. The maximum atomic E-state index is 13.2. The molecule has 1 rings (SSSR count). The van der Waals surface area contributed by atoms with Gasteiger partial charge in [-0.2, -0.15) is 0 Å². The van der Waals surface area contributed by atoms with Crippen LogP contribution in [0.15, 0.2) is 12.1 Å². The average molecular weight is 287 g/mol. The zero-order chi connectivity index (χ0) is 15.5. The van der Waals surface area contributed by atoms with Crippen LogP contribution in [0.1, 0.15) is 34.6 Å². The third kappa shape index (κ3) is 3.74. The number of nitrogens with one attached hydrogen (secondary N) is 1. The molecule has 0 aliphatic carbocycles. The second-order valence-corrected chi connectivity index (χ2v) is 4.76. The highest BCUT2D eigenvalue weighted by Gasteiger charge is 2.23. The van der Waals surface area contributed by atoms with E-state index in [1.807, 2.05) is 0 Å². The molecule has 2 N–H and O–H groups in total. The summed E-state index contributed by atoms with van der Waals surface area (Å²) < 4.78 is 31.3. The van der Waals surface area contributed by atoms with Gasteiger partial charge in [0.25, 0.3) is 5.91 Å². The molecule has 0 fully saturated rings. The number of rotatable bonds is 5. The van der Waals surface area contributed by atoms with Gasteiger partial charge in [0.15, 0.2) is 11.6 Å². The van der Waals surface area contributed by atoms with Crippen LogP contribution in [-0.4, -0.2) is 36.2 Å². The molecule has 7 heteroatoms. The van der Waals surface area contributed by atoms with Crippen LogP contribution in [0.3, 0.4) is 0 Å². The van der Waals surface area contributed by atoms with Gasteiger partial charge in [0.2, 0.25) is 0 Å². The molecule has 0 heterocycles. The van der Waals surface area contributed by atoms with Gasteiger partial charge in [-0.05, 0) is 26.0 Å². The van der Waals surface area contributed by atoms with Crippen LogP contribution in [0, 0.1) is 11.6 Å². The minimum atomic E-state index is -1.51. The van der Waals surface area contributed by atoms with Crippen LogP contribution >= 0.6 is 0 Å². The normalized spacial score (nSPS) is 11.2. The van der Waals surface area contributed by atoms with Crippen molar-refractivity contribution in [2.24, 2.45) is 0 Å². The fourth-order valence-corrected chi connectivity index (χ4v) is 1.37. The number of halogens is 2. The fourth-order valence-electron chi connectivity index (χ4n) is 1.37. The number of hydrogen-bond acceptors (Lipinski definition) is 3. The Morgan fingerprint density at radius 3 is 2.20 bits per heavy atom. The molecule has 1 aromatic carbocycles. The Labute approximate surface area is 114 Å². The van der Waals surface area contributed by atoms with E-state index in [1.165, 1.54) is 7.11 Å². The summed E-state index contributed by atoms with van der Waals surface area (Å²) in [7, 11) is 1.45. The summed E-state index contributed by atoms with van der Waals surface area (Å²) >= 11 is 0. The van der Waals surface area contributed by atoms with Gasteiger partial charge in [-0.3, -0.25) is 4.79 Å². The summed E-state index contributed by atoms with van der Waals surface area (Å²) in [5.74, 6) is -4.94. The number of hydrogen-bond donors (Lipinski definition) is 2. The Hall–Kier alpha value is -2.02. The maximum absolute atomic E-state index is 13.2. The highest BCUT2D eigenvalue weighted by molar-refractivity contribution is 6.04. The van der Waals surface area contributed by atoms with Gasteiger partial charge >= 0.3 is 5.97 Å². The topological polar surface area (TPSA) is 75.6 Å². The van der Waals surface area contributed by atoms with Gasteiger partial charge in [-0.15, -0.1) is 0 Å². The van der Waals surface area contributed by atoms with E-state index in [0.29, 0.717) is 12.1 Å². The van der Waals surface area contributed by atoms with Crippen molar-refractivity contribution >= 4 is 11.9 Å². The Bertz CT molecular complexity index is 543. The molecule has 0 spiro atoms. The number of benzene rings is 1. The number of ether oxygens (including phenoxy) is 1. The number of carbonyl (C=O) groups excluding carboxylic acids is 1. The minimum absolute atomic E-state index is 0.0837. The summed E-state index contributed by atoms with van der Waals surface area (Å²) in [6.07, 6.45) is 0. The lowest BCUT2D eigenvalue weighted by Gasteiger charge is -2.23. The number of methoxy groups -OCH3 is 1. The van der Waals surface area contributed by atoms with Crippen LogP contribution in [0.4, 0.5) is 8.78 Å². The largest absolute Gasteiger partial charge is 0.478 e. The highest BCUT2D eigenvalue weighted by atomic mass is 19.2. The molecule has 1 amide bonds. The molecular weight excluding hydrogens is 272 g/mol. The summed E-state index contributed by atoms with van der Waals surface area (Å²) in [5.41, 5.74) is -1.71. The predicted octanol–water partition coefficient (Wildman–Crippen LogP) is 1.82. The summed E-state index contributed by atoms with van der Waals surface area (Å²) in [6, 6.07) is 1.04. The minimum Gasteiger partial charge on any atom is -0.478 e. The second kappa shape index (κ2) is 5.96. The smallest absolute Gasteiger partial charge is 0.336 e. The van der Waals surface area contributed by atoms with Gasteiger partial charge in [0, 0.05) is 13.7 Å². The first-order chi connectivity index (χ1) is 9.18. The molecule has 0 bridgehead atoms. The van der Waals surface area contributed by atoms with Gasteiger partial charge in [-0.1, -0.05) is 0 Å². The monoisotopic (exact) mass is 287 g/mol. The molecule has 0 aliphatic rings. The van der Waals surface area contributed by atoms with Gasteiger partial charge in [0.05, 0.1) is 16.7 Å². The highest BCUT2D eigenvalue weighted by Crippen LogP contribution is 2.16. The quantitative estimate of drug-likeness (QED) is 0.866. The lowest BCUT2D eigenvalue weighted by molar-refractivity contribution is 0.0228. The van der Waals surface area contributed by atoms with Gasteiger partial charge < -0.3 is 15.2 Å². The van der Waals surface area contributed by atoms with Gasteiger partial charge in [-0.25, -0.2) is 13.6 Å². The van der Waals surface area contributed by atoms with E-state index < -0.39 is 40.2 Å². The van der Waals surface area contributed by atoms with Crippen molar-refractivity contribution in [2.75, 3.05) is 13.7 Å². The van der Waals surface area contributed by atoms with Crippen molar-refractivity contribution in [2.45, 2.75) is 19.4 Å². The summed E-state index contributed by atoms with van der Waals surface area (Å²) in [5, 5.41) is 11.3. The van der Waals surface area contributed by atoms with E-state index in [1.54, 1.807) is 13.8 Å². The molecule has 5 nitrogen and oxygen atoms in total. The van der Waals surface area contributed by atoms with E-state index in [0.717, 1.165) is 0 Å². The molecule has 0 atom stereocenters. The molecule has 0 radical (unpaired) electrons. The zero-order valence-electron chi connectivity index (χ0n) is 11.3. The van der Waals surface area contributed by atoms with Crippen LogP contribution in [0.2, 0.25) is 0 Å². The Morgan fingerprint density at radius 1 is 1.25 bits per heavy atom. The van der Waals surface area contributed by atoms with Crippen molar-refractivity contribution in [3.63, 3.8) is 0 Å². The lowest BCUT2D eigenvalue weighted by atomic mass is 10.1. The number of amides is 1. The Balaban J connectivity index is 3.04. The van der Waals surface area contributed by atoms with E-state index in [2.05, 4.69) is 5.32 Å². The van der Waals surface area contributed by atoms with Crippen LogP contribution < -0.4 is 5.32 Å². The van der Waals surface area contributed by atoms with Crippen LogP contribution in [0.25, 0.3) is 0 Å². The molecule has 1 aromatic rings. The molecule has 0 saturated carbocycles. The summed E-state index contributed by atoms with van der Waals surface area (Å²) in [4.78, 5) is 22.8. The van der Waals surface area contributed by atoms with Crippen molar-refractivity contribution in [1.29, 1.82) is 0 Å². The third-order valence-corrected chi connectivity index (χ3v) is 2.76. The molecular formula is C13H15F2NO4. The van der Waals surface area contributed by atoms with E-state index in [4.69, 9.17) is 9.84 Å². The van der Waals surface area contributed by atoms with E-state index >= 15 is 0 Å². The standard InChI is InChI=1S/C13H15F2NO4/c1-13(2,20-3)6-16-11(17)7-4-9(14)10(15)5-8(7)12(18)19/h4-5H,6H2,1-3H3,(H,16,17)(H,18,19). The van der Waals surface area contributed by atoms with Crippen LogP contribution in [-0.2, 0) is 4.74 Å². The van der Waals surface area contributed by atoms with E-state index in [-0.39, 0.29) is 6.54 Å². The number of carbonyl (C=O) groups is 2. The van der Waals surface area contributed by atoms with Crippen molar-refractivity contribution in [1.82, 2.24) is 5.32 Å². The first-order valence-corrected chi connectivity index (χ1v) is 5.73. The molecule has 0 saturated heterocycles. The first kappa shape index (κ1) is 16.0.